The summed E-state index contributed by atoms with van der Waals surface area (Å²) >= 11 is 0. The van der Waals surface area contributed by atoms with E-state index in [2.05, 4.69) is 17.4 Å². The van der Waals surface area contributed by atoms with E-state index in [-0.39, 0.29) is 24.2 Å². The van der Waals surface area contributed by atoms with Gasteiger partial charge in [-0.3, -0.25) is 9.59 Å². The number of carbonyl (C=O) groups excluding carboxylic acids is 2. The standard InChI is InChI=1S/C14H19NO2/c1-11(15-14(17)10-12(2)16)8-9-13-6-4-3-5-7-13/h3-7,11H,8-10H2,1-2H3,(H,15,17)/t11-/m1/s1. The van der Waals surface area contributed by atoms with Crippen molar-refractivity contribution >= 4 is 11.7 Å². The zero-order chi connectivity index (χ0) is 12.7. The van der Waals surface area contributed by atoms with Crippen LogP contribution in [0.5, 0.6) is 0 Å². The number of ketones is 1. The van der Waals surface area contributed by atoms with Crippen molar-refractivity contribution in [3.63, 3.8) is 0 Å². The molecule has 0 fully saturated rings. The first kappa shape index (κ1) is 13.4. The van der Waals surface area contributed by atoms with Gasteiger partial charge in [0.05, 0.1) is 6.42 Å². The first-order valence-electron chi connectivity index (χ1n) is 5.90. The number of hydrogen-bond acceptors (Lipinski definition) is 2. The molecular weight excluding hydrogens is 214 g/mol. The lowest BCUT2D eigenvalue weighted by atomic mass is 10.1. The molecule has 0 radical (unpaired) electrons. The van der Waals surface area contributed by atoms with Crippen molar-refractivity contribution in [3.8, 4) is 0 Å². The van der Waals surface area contributed by atoms with Crippen LogP contribution >= 0.6 is 0 Å². The smallest absolute Gasteiger partial charge is 0.227 e. The highest BCUT2D eigenvalue weighted by molar-refractivity contribution is 5.96. The second-order valence-corrected chi connectivity index (χ2v) is 4.37. The van der Waals surface area contributed by atoms with Crippen molar-refractivity contribution in [2.75, 3.05) is 0 Å². The van der Waals surface area contributed by atoms with Gasteiger partial charge < -0.3 is 5.32 Å². The lowest BCUT2D eigenvalue weighted by Gasteiger charge is -2.13. The van der Waals surface area contributed by atoms with E-state index < -0.39 is 0 Å². The van der Waals surface area contributed by atoms with Crippen LogP contribution in [0.1, 0.15) is 32.3 Å². The fourth-order valence-electron chi connectivity index (χ4n) is 1.65. The summed E-state index contributed by atoms with van der Waals surface area (Å²) in [6.07, 6.45) is 1.80. The Hall–Kier alpha value is -1.64. The first-order chi connectivity index (χ1) is 8.08. The van der Waals surface area contributed by atoms with Crippen molar-refractivity contribution in [1.29, 1.82) is 0 Å². The summed E-state index contributed by atoms with van der Waals surface area (Å²) in [5, 5.41) is 2.82. The normalized spacial score (nSPS) is 11.9. The topological polar surface area (TPSA) is 46.2 Å². The van der Waals surface area contributed by atoms with Crippen LogP contribution in [0.2, 0.25) is 0 Å². The van der Waals surface area contributed by atoms with Crippen LogP contribution < -0.4 is 5.32 Å². The summed E-state index contributed by atoms with van der Waals surface area (Å²) < 4.78 is 0. The SMILES string of the molecule is CC(=O)CC(=O)N[C@H](C)CCc1ccccc1. The number of Topliss-reactive ketones (excluding diaryl/α,β-unsaturated/α-hetero) is 1. The van der Waals surface area contributed by atoms with Crippen LogP contribution in [0.25, 0.3) is 0 Å². The van der Waals surface area contributed by atoms with Gasteiger partial charge in [0, 0.05) is 6.04 Å². The van der Waals surface area contributed by atoms with Crippen molar-refractivity contribution < 1.29 is 9.59 Å². The lowest BCUT2D eigenvalue weighted by Crippen LogP contribution is -2.33. The summed E-state index contributed by atoms with van der Waals surface area (Å²) in [4.78, 5) is 22.1. The second-order valence-electron chi connectivity index (χ2n) is 4.37. The molecule has 0 aliphatic rings. The quantitative estimate of drug-likeness (QED) is 0.765. The van der Waals surface area contributed by atoms with E-state index >= 15 is 0 Å². The van der Waals surface area contributed by atoms with E-state index in [1.54, 1.807) is 0 Å². The molecule has 0 heterocycles. The minimum absolute atomic E-state index is 0.0182. The Labute approximate surface area is 102 Å². The third-order valence-electron chi connectivity index (χ3n) is 2.53. The van der Waals surface area contributed by atoms with Crippen molar-refractivity contribution in [3.05, 3.63) is 35.9 Å². The fraction of sp³-hybridized carbons (Fsp3) is 0.429. The average Bonchev–Trinajstić information content (AvgIpc) is 2.26. The predicted molar refractivity (Wildman–Crippen MR) is 67.7 cm³/mol. The first-order valence-corrected chi connectivity index (χ1v) is 5.90. The van der Waals surface area contributed by atoms with Gasteiger partial charge in [0.25, 0.3) is 0 Å². The maximum absolute atomic E-state index is 11.3. The molecule has 0 bridgehead atoms. The van der Waals surface area contributed by atoms with Gasteiger partial charge in [0.15, 0.2) is 0 Å². The maximum atomic E-state index is 11.3. The zero-order valence-corrected chi connectivity index (χ0v) is 10.4. The highest BCUT2D eigenvalue weighted by atomic mass is 16.2. The van der Waals surface area contributed by atoms with E-state index in [1.807, 2.05) is 25.1 Å². The lowest BCUT2D eigenvalue weighted by molar-refractivity contribution is -0.127. The monoisotopic (exact) mass is 233 g/mol. The van der Waals surface area contributed by atoms with Gasteiger partial charge in [0.2, 0.25) is 5.91 Å². The Morgan fingerprint density at radius 2 is 1.88 bits per heavy atom. The summed E-state index contributed by atoms with van der Waals surface area (Å²) in [7, 11) is 0. The number of benzene rings is 1. The van der Waals surface area contributed by atoms with Crippen LogP contribution in [0.3, 0.4) is 0 Å². The van der Waals surface area contributed by atoms with Gasteiger partial charge in [0.1, 0.15) is 5.78 Å². The number of nitrogens with one attached hydrogen (secondary N) is 1. The molecule has 92 valence electrons. The Kier molecular flexibility index (Phi) is 5.40. The van der Waals surface area contributed by atoms with Crippen LogP contribution in [0, 0.1) is 0 Å². The van der Waals surface area contributed by atoms with Gasteiger partial charge in [-0.25, -0.2) is 0 Å². The van der Waals surface area contributed by atoms with Gasteiger partial charge in [-0.05, 0) is 32.3 Å². The fourth-order valence-corrected chi connectivity index (χ4v) is 1.65. The Morgan fingerprint density at radius 1 is 1.24 bits per heavy atom. The molecule has 0 aliphatic carbocycles. The van der Waals surface area contributed by atoms with Gasteiger partial charge in [-0.15, -0.1) is 0 Å². The van der Waals surface area contributed by atoms with Crippen LogP contribution in [0.15, 0.2) is 30.3 Å². The number of hydrogen-bond donors (Lipinski definition) is 1. The van der Waals surface area contributed by atoms with Crippen LogP contribution in [0.4, 0.5) is 0 Å². The molecule has 1 amide bonds. The van der Waals surface area contributed by atoms with Crippen molar-refractivity contribution in [2.45, 2.75) is 39.2 Å². The second kappa shape index (κ2) is 6.84. The molecule has 1 aromatic rings. The predicted octanol–water partition coefficient (Wildman–Crippen LogP) is 2.10. The molecule has 0 saturated heterocycles. The van der Waals surface area contributed by atoms with Crippen LogP contribution in [-0.4, -0.2) is 17.7 Å². The minimum atomic E-state index is -0.182. The molecule has 17 heavy (non-hydrogen) atoms. The Morgan fingerprint density at radius 3 is 2.47 bits per heavy atom. The van der Waals surface area contributed by atoms with E-state index in [4.69, 9.17) is 0 Å². The molecule has 0 aromatic heterocycles. The molecule has 0 saturated carbocycles. The minimum Gasteiger partial charge on any atom is -0.353 e. The highest BCUT2D eigenvalue weighted by Crippen LogP contribution is 2.04. The van der Waals surface area contributed by atoms with E-state index in [0.29, 0.717) is 0 Å². The summed E-state index contributed by atoms with van der Waals surface area (Å²) in [5.74, 6) is -0.282. The average molecular weight is 233 g/mol. The number of amides is 1. The Bertz CT molecular complexity index is 373. The number of carbonyl (C=O) groups is 2. The number of aryl methyl sites for hydroxylation is 1. The molecule has 1 atom stereocenters. The highest BCUT2D eigenvalue weighted by Gasteiger charge is 2.09. The Balaban J connectivity index is 2.28. The van der Waals surface area contributed by atoms with Crippen molar-refractivity contribution in [1.82, 2.24) is 5.32 Å². The summed E-state index contributed by atoms with van der Waals surface area (Å²) in [6, 6.07) is 10.3. The molecule has 3 heteroatoms. The molecule has 1 aromatic carbocycles. The summed E-state index contributed by atoms with van der Waals surface area (Å²) in [5.41, 5.74) is 1.26. The van der Waals surface area contributed by atoms with Crippen LogP contribution in [-0.2, 0) is 16.0 Å². The largest absolute Gasteiger partial charge is 0.353 e. The molecule has 1 N–H and O–H groups in total. The molecule has 3 nitrogen and oxygen atoms in total. The maximum Gasteiger partial charge on any atom is 0.227 e. The number of rotatable bonds is 6. The third-order valence-corrected chi connectivity index (χ3v) is 2.53. The summed E-state index contributed by atoms with van der Waals surface area (Å²) in [6.45, 7) is 3.38. The molecular formula is C14H19NO2. The van der Waals surface area contributed by atoms with Gasteiger partial charge in [-0.2, -0.15) is 0 Å². The van der Waals surface area contributed by atoms with Gasteiger partial charge in [-0.1, -0.05) is 30.3 Å². The van der Waals surface area contributed by atoms with E-state index in [9.17, 15) is 9.59 Å². The van der Waals surface area contributed by atoms with Gasteiger partial charge >= 0.3 is 0 Å². The van der Waals surface area contributed by atoms with E-state index in [1.165, 1.54) is 12.5 Å². The zero-order valence-electron chi connectivity index (χ0n) is 10.4. The third kappa shape index (κ3) is 5.85. The molecule has 0 spiro atoms. The molecule has 1 rings (SSSR count). The molecule has 0 aliphatic heterocycles. The van der Waals surface area contributed by atoms with E-state index in [0.717, 1.165) is 12.8 Å². The van der Waals surface area contributed by atoms with Crippen molar-refractivity contribution in [2.24, 2.45) is 0 Å². The molecule has 0 unspecified atom stereocenters.